The predicted octanol–water partition coefficient (Wildman–Crippen LogP) is 2.23. The van der Waals surface area contributed by atoms with Crippen LogP contribution in [0.15, 0.2) is 0 Å². The lowest BCUT2D eigenvalue weighted by Gasteiger charge is -2.20. The zero-order chi connectivity index (χ0) is 10.6. The van der Waals surface area contributed by atoms with Crippen LogP contribution < -0.4 is 5.73 Å². The maximum atomic E-state index is 5.72. The highest BCUT2D eigenvalue weighted by molar-refractivity contribution is 4.79. The Bertz CT molecular complexity index is 156. The van der Waals surface area contributed by atoms with Gasteiger partial charge in [0.2, 0.25) is 0 Å². The van der Waals surface area contributed by atoms with Crippen molar-refractivity contribution in [2.75, 3.05) is 13.1 Å². The van der Waals surface area contributed by atoms with E-state index in [9.17, 15) is 0 Å². The molecule has 1 aliphatic rings. The summed E-state index contributed by atoms with van der Waals surface area (Å²) in [7, 11) is 0. The predicted molar refractivity (Wildman–Crippen MR) is 62.3 cm³/mol. The van der Waals surface area contributed by atoms with Gasteiger partial charge in [-0.1, -0.05) is 13.3 Å². The minimum Gasteiger partial charge on any atom is -0.328 e. The number of unbranched alkanes of at least 4 members (excludes halogenated alkanes) is 1. The molecule has 3 atom stereocenters. The average molecular weight is 198 g/mol. The first-order valence-corrected chi connectivity index (χ1v) is 6.09. The van der Waals surface area contributed by atoms with Gasteiger partial charge < -0.3 is 10.6 Å². The fourth-order valence-electron chi connectivity index (χ4n) is 2.48. The van der Waals surface area contributed by atoms with E-state index in [1.165, 1.54) is 38.8 Å². The van der Waals surface area contributed by atoms with Crippen LogP contribution in [0.4, 0.5) is 0 Å². The van der Waals surface area contributed by atoms with Crippen molar-refractivity contribution in [3.8, 4) is 0 Å². The maximum Gasteiger partial charge on any atom is 0.00700 e. The number of hydrogen-bond acceptors (Lipinski definition) is 2. The molecule has 2 heteroatoms. The van der Waals surface area contributed by atoms with E-state index in [2.05, 4.69) is 25.7 Å². The molecule has 0 aromatic carbocycles. The molecule has 0 aliphatic carbocycles. The van der Waals surface area contributed by atoms with Gasteiger partial charge in [0, 0.05) is 18.6 Å². The lowest BCUT2D eigenvalue weighted by molar-refractivity contribution is 0.258. The van der Waals surface area contributed by atoms with Crippen molar-refractivity contribution in [3.05, 3.63) is 0 Å². The van der Waals surface area contributed by atoms with E-state index in [4.69, 9.17) is 5.73 Å². The van der Waals surface area contributed by atoms with Crippen LogP contribution in [-0.2, 0) is 0 Å². The van der Waals surface area contributed by atoms with Gasteiger partial charge in [-0.3, -0.25) is 0 Å². The first-order chi connectivity index (χ1) is 6.59. The van der Waals surface area contributed by atoms with Crippen molar-refractivity contribution in [2.24, 2.45) is 11.7 Å². The molecule has 1 heterocycles. The topological polar surface area (TPSA) is 29.3 Å². The van der Waals surface area contributed by atoms with Gasteiger partial charge in [-0.25, -0.2) is 0 Å². The van der Waals surface area contributed by atoms with Crippen LogP contribution in [0.2, 0.25) is 0 Å². The van der Waals surface area contributed by atoms with Gasteiger partial charge in [0.25, 0.3) is 0 Å². The monoisotopic (exact) mass is 198 g/mol. The molecule has 2 N–H and O–H groups in total. The molecule has 3 unspecified atom stereocenters. The van der Waals surface area contributed by atoms with Crippen molar-refractivity contribution in [2.45, 2.75) is 58.5 Å². The largest absolute Gasteiger partial charge is 0.328 e. The van der Waals surface area contributed by atoms with Crippen LogP contribution in [0.1, 0.15) is 46.5 Å². The molecule has 0 amide bonds. The molecule has 1 saturated heterocycles. The number of nitrogens with zero attached hydrogens (tertiary/aromatic N) is 1. The Hall–Kier alpha value is -0.0800. The van der Waals surface area contributed by atoms with E-state index in [0.717, 1.165) is 12.0 Å². The summed E-state index contributed by atoms with van der Waals surface area (Å²) < 4.78 is 0. The molecule has 1 fully saturated rings. The number of likely N-dealkylation sites (tertiary alicyclic amines) is 1. The lowest BCUT2D eigenvalue weighted by Crippen LogP contribution is -2.28. The third kappa shape index (κ3) is 3.97. The summed E-state index contributed by atoms with van der Waals surface area (Å²) in [5, 5.41) is 0. The molecule has 0 aromatic heterocycles. The number of hydrogen-bond donors (Lipinski definition) is 1. The number of rotatable bonds is 5. The van der Waals surface area contributed by atoms with Crippen LogP contribution >= 0.6 is 0 Å². The SMILES string of the molecule is CC(N)CCCCN1CC(C)CC1C. The Morgan fingerprint density at radius 1 is 1.36 bits per heavy atom. The molecule has 84 valence electrons. The maximum absolute atomic E-state index is 5.72. The molecule has 0 radical (unpaired) electrons. The highest BCUT2D eigenvalue weighted by atomic mass is 15.2. The molecule has 0 saturated carbocycles. The van der Waals surface area contributed by atoms with Crippen molar-refractivity contribution < 1.29 is 0 Å². The standard InChI is InChI=1S/C12H26N2/c1-10-8-12(3)14(9-10)7-5-4-6-11(2)13/h10-12H,4-9,13H2,1-3H3. The first kappa shape index (κ1) is 12.0. The summed E-state index contributed by atoms with van der Waals surface area (Å²) in [4.78, 5) is 2.63. The van der Waals surface area contributed by atoms with Crippen LogP contribution in [0.25, 0.3) is 0 Å². The Kier molecular flexibility index (Phi) is 4.90. The van der Waals surface area contributed by atoms with Gasteiger partial charge >= 0.3 is 0 Å². The smallest absolute Gasteiger partial charge is 0.00700 e. The van der Waals surface area contributed by atoms with Crippen LogP contribution in [0.3, 0.4) is 0 Å². The molecule has 2 nitrogen and oxygen atoms in total. The molecule has 0 aromatic rings. The molecule has 0 spiro atoms. The van der Waals surface area contributed by atoms with Gasteiger partial charge in [-0.15, -0.1) is 0 Å². The molecular weight excluding hydrogens is 172 g/mol. The van der Waals surface area contributed by atoms with E-state index in [-0.39, 0.29) is 0 Å². The fraction of sp³-hybridized carbons (Fsp3) is 1.00. The quantitative estimate of drug-likeness (QED) is 0.686. The summed E-state index contributed by atoms with van der Waals surface area (Å²) in [5.41, 5.74) is 5.72. The highest BCUT2D eigenvalue weighted by Crippen LogP contribution is 2.22. The number of nitrogens with two attached hydrogens (primary N) is 1. The molecule has 1 rings (SSSR count). The summed E-state index contributed by atoms with van der Waals surface area (Å²) in [6, 6.07) is 1.19. The second-order valence-electron chi connectivity index (χ2n) is 5.16. The van der Waals surface area contributed by atoms with E-state index in [0.29, 0.717) is 6.04 Å². The van der Waals surface area contributed by atoms with Crippen molar-refractivity contribution in [1.82, 2.24) is 4.90 Å². The van der Waals surface area contributed by atoms with Crippen LogP contribution in [0.5, 0.6) is 0 Å². The Balaban J connectivity index is 2.07. The normalized spacial score (nSPS) is 30.9. The van der Waals surface area contributed by atoms with Crippen molar-refractivity contribution in [3.63, 3.8) is 0 Å². The molecule has 0 bridgehead atoms. The summed E-state index contributed by atoms with van der Waals surface area (Å²) in [6.45, 7) is 9.39. The summed E-state index contributed by atoms with van der Waals surface area (Å²) >= 11 is 0. The minimum absolute atomic E-state index is 0.380. The molecule has 1 aliphatic heterocycles. The van der Waals surface area contributed by atoms with Gasteiger partial charge in [0.1, 0.15) is 0 Å². The van der Waals surface area contributed by atoms with Crippen LogP contribution in [0, 0.1) is 5.92 Å². The van der Waals surface area contributed by atoms with E-state index < -0.39 is 0 Å². The molecule has 14 heavy (non-hydrogen) atoms. The zero-order valence-corrected chi connectivity index (χ0v) is 10.00. The second-order valence-corrected chi connectivity index (χ2v) is 5.16. The Morgan fingerprint density at radius 3 is 2.57 bits per heavy atom. The third-order valence-corrected chi connectivity index (χ3v) is 3.27. The Labute approximate surface area is 88.8 Å². The van der Waals surface area contributed by atoms with E-state index in [1.807, 2.05) is 0 Å². The molecular formula is C12H26N2. The van der Waals surface area contributed by atoms with Crippen LogP contribution in [-0.4, -0.2) is 30.1 Å². The van der Waals surface area contributed by atoms with Crippen molar-refractivity contribution >= 4 is 0 Å². The van der Waals surface area contributed by atoms with Crippen molar-refractivity contribution in [1.29, 1.82) is 0 Å². The highest BCUT2D eigenvalue weighted by Gasteiger charge is 2.24. The van der Waals surface area contributed by atoms with E-state index >= 15 is 0 Å². The van der Waals surface area contributed by atoms with Gasteiger partial charge in [-0.05, 0) is 45.6 Å². The first-order valence-electron chi connectivity index (χ1n) is 6.09. The average Bonchev–Trinajstić information content (AvgIpc) is 2.39. The van der Waals surface area contributed by atoms with Gasteiger partial charge in [0.15, 0.2) is 0 Å². The lowest BCUT2D eigenvalue weighted by atomic mass is 10.1. The minimum atomic E-state index is 0.380. The van der Waals surface area contributed by atoms with Gasteiger partial charge in [-0.2, -0.15) is 0 Å². The zero-order valence-electron chi connectivity index (χ0n) is 10.00. The van der Waals surface area contributed by atoms with E-state index in [1.54, 1.807) is 0 Å². The fourth-order valence-corrected chi connectivity index (χ4v) is 2.48. The van der Waals surface area contributed by atoms with Gasteiger partial charge in [0.05, 0.1) is 0 Å². The summed E-state index contributed by atoms with van der Waals surface area (Å²) in [5.74, 6) is 0.901. The second kappa shape index (κ2) is 5.72. The third-order valence-electron chi connectivity index (χ3n) is 3.27. The Morgan fingerprint density at radius 2 is 2.07 bits per heavy atom. The summed E-state index contributed by atoms with van der Waals surface area (Å²) in [6.07, 6.45) is 5.17.